The Hall–Kier alpha value is -4.20. The summed E-state index contributed by atoms with van der Waals surface area (Å²) in [5.74, 6) is -6.69. The molecule has 0 radical (unpaired) electrons. The third kappa shape index (κ3) is 14.4. The Balaban J connectivity index is 1.35. The maximum absolute atomic E-state index is 14.6. The highest BCUT2D eigenvalue weighted by Crippen LogP contribution is 2.42. The number of Topliss-reactive ketones (excluding diaryl/α,β-unsaturated/α-hetero) is 1. The second-order valence-electron chi connectivity index (χ2n) is 22.8. The average molecular weight is 1090 g/mol. The molecule has 5 N–H and O–H groups in total. The molecule has 0 spiro atoms. The molecule has 3 aliphatic heterocycles. The summed E-state index contributed by atoms with van der Waals surface area (Å²) in [6.45, 7) is 17.7. The number of likely N-dealkylation sites (N-methyl/N-ethyl adjacent to an activating group) is 1. The first-order chi connectivity index (χ1) is 36.0. The molecule has 3 aliphatic rings. The highest BCUT2D eigenvalue weighted by atomic mass is 16.7. The van der Waals surface area contributed by atoms with Gasteiger partial charge in [-0.2, -0.15) is 0 Å². The first-order valence-electron chi connectivity index (χ1n) is 27.0. The summed E-state index contributed by atoms with van der Waals surface area (Å²) in [5, 5.41) is 50.0. The number of aryl methyl sites for hydroxylation is 1. The molecule has 22 heteroatoms. The maximum Gasteiger partial charge on any atom is 0.341 e. The summed E-state index contributed by atoms with van der Waals surface area (Å²) >= 11 is 0. The van der Waals surface area contributed by atoms with E-state index < -0.39 is 119 Å². The van der Waals surface area contributed by atoms with Crippen molar-refractivity contribution in [1.29, 1.82) is 0 Å². The number of aliphatic hydroxyl groups excluding tert-OH is 2. The second-order valence-corrected chi connectivity index (χ2v) is 22.8. The van der Waals surface area contributed by atoms with Crippen LogP contribution in [-0.2, 0) is 58.7 Å². The summed E-state index contributed by atoms with van der Waals surface area (Å²) in [6.07, 6.45) is -5.58. The highest BCUT2D eigenvalue weighted by Gasteiger charge is 2.55. The number of aromatic carboxylic acids is 1. The molecule has 22 nitrogen and oxygen atoms in total. The fraction of sp³-hybridized carbons (Fsp3) is 0.782. The molecule has 2 aromatic heterocycles. The van der Waals surface area contributed by atoms with Crippen LogP contribution in [0.25, 0.3) is 11.0 Å². The topological polar surface area (TPSA) is 276 Å². The summed E-state index contributed by atoms with van der Waals surface area (Å²) in [6, 6.07) is 1.32. The van der Waals surface area contributed by atoms with Crippen LogP contribution in [0.3, 0.4) is 0 Å². The SMILES string of the molecule is CC[C@H]1OC(=O)[C@H](C)[C@@H](O[C@H]2C[C@@](C)(OC)[C@@H](OC(=O)CCNCCCc3cnc4c(c3)c(=O)c(C(=O)O)cn4N(C)C)[C@H](C)O2)[C@H](C)[C@@H](O[C@@H]2O[C@H](C)C[C@H](N(C)C)[C@H]2O)[C@](C)(OC)C[C@@H](C)C(=O)[C@@H](C)[C@@H](O)[C@]1(C)O. The summed E-state index contributed by atoms with van der Waals surface area (Å²) in [7, 11) is 10.1. The van der Waals surface area contributed by atoms with Crippen molar-refractivity contribution in [2.45, 2.75) is 198 Å². The van der Waals surface area contributed by atoms with E-state index in [1.165, 1.54) is 38.9 Å². The molecule has 3 fully saturated rings. The normalized spacial score (nSPS) is 36.8. The predicted molar refractivity (Wildman–Crippen MR) is 284 cm³/mol. The number of cyclic esters (lactones) is 1. The Morgan fingerprint density at radius 2 is 1.56 bits per heavy atom. The Labute approximate surface area is 453 Å². The van der Waals surface area contributed by atoms with Crippen molar-refractivity contribution in [3.8, 4) is 0 Å². The number of carboxylic acids is 1. The minimum Gasteiger partial charge on any atom is -0.477 e. The Morgan fingerprint density at radius 1 is 0.909 bits per heavy atom. The largest absolute Gasteiger partial charge is 0.477 e. The van der Waals surface area contributed by atoms with Gasteiger partial charge in [0, 0.05) is 77.5 Å². The van der Waals surface area contributed by atoms with E-state index in [1.54, 1.807) is 72.9 Å². The van der Waals surface area contributed by atoms with Crippen molar-refractivity contribution >= 4 is 34.7 Å². The fourth-order valence-electron chi connectivity index (χ4n) is 11.6. The molecule has 0 aliphatic carbocycles. The second kappa shape index (κ2) is 26.4. The molecule has 436 valence electrons. The van der Waals surface area contributed by atoms with E-state index in [9.17, 15) is 44.4 Å². The standard InChI is InChI=1S/C55H89N5O17/c1-17-39-55(10,69)46(65)31(4)42(62)29(2)25-53(8,70-15)47(77-52-44(64)38(58(11)12)23-30(3)72-52)32(5)45(33(6)51(68)74-39)76-41-26-54(9,71-16)48(34(7)73-41)75-40(61)20-22-56-21-18-19-35-24-36-43(63)37(50(66)67)28-60(59(13)14)49(36)57-27-35/h24,27-34,38-39,41,44-48,52,56,64-65,69H,17-23,25-26H2,1-16H3,(H,66,67)/t29-,30-,31-,32+,33-,34+,38+,39-,41+,44-,45+,46-,47-,48+,52+,53-,54-,55-/m1/s1. The number of hydrogen-bond donors (Lipinski definition) is 5. The Bertz CT molecular complexity index is 2400. The number of methoxy groups -OCH3 is 2. The number of fused-ring (bicyclic) bond motifs is 1. The van der Waals surface area contributed by atoms with E-state index in [-0.39, 0.29) is 61.1 Å². The maximum atomic E-state index is 14.6. The predicted octanol–water partition coefficient (Wildman–Crippen LogP) is 3.21. The number of aliphatic hydroxyl groups is 3. The lowest BCUT2D eigenvalue weighted by Crippen LogP contribution is -2.61. The molecular formula is C55H89N5O17. The van der Waals surface area contributed by atoms with Gasteiger partial charge in [0.25, 0.3) is 0 Å². The Morgan fingerprint density at radius 3 is 2.16 bits per heavy atom. The quantitative estimate of drug-likeness (QED) is 0.106. The van der Waals surface area contributed by atoms with Crippen LogP contribution in [0.15, 0.2) is 23.3 Å². The van der Waals surface area contributed by atoms with Gasteiger partial charge in [0.1, 0.15) is 34.8 Å². The number of rotatable bonds is 18. The molecule has 0 unspecified atom stereocenters. The van der Waals surface area contributed by atoms with Gasteiger partial charge in [0.2, 0.25) is 5.43 Å². The lowest BCUT2D eigenvalue weighted by molar-refractivity contribution is -0.320. The zero-order chi connectivity index (χ0) is 57.6. The average Bonchev–Trinajstić information content (AvgIpc) is 3.37. The van der Waals surface area contributed by atoms with Gasteiger partial charge in [-0.05, 0) is 106 Å². The van der Waals surface area contributed by atoms with Gasteiger partial charge in [0.05, 0.1) is 53.8 Å². The van der Waals surface area contributed by atoms with Crippen LogP contribution in [0.4, 0.5) is 0 Å². The van der Waals surface area contributed by atoms with E-state index in [0.717, 1.165) is 5.56 Å². The number of aromatic nitrogens is 2. The lowest BCUT2D eigenvalue weighted by atomic mass is 9.74. The zero-order valence-electron chi connectivity index (χ0n) is 48.1. The zero-order valence-corrected chi connectivity index (χ0v) is 48.1. The van der Waals surface area contributed by atoms with Crippen LogP contribution in [0, 0.1) is 23.7 Å². The number of carbonyl (C=O) groups excluding carboxylic acids is 3. The number of hydrogen-bond acceptors (Lipinski definition) is 20. The van der Waals surface area contributed by atoms with Crippen LogP contribution >= 0.6 is 0 Å². The number of nitrogens with zero attached hydrogens (tertiary/aromatic N) is 4. The first kappa shape index (κ1) is 63.6. The Kier molecular flexibility index (Phi) is 21.8. The number of nitrogens with one attached hydrogen (secondary N) is 1. The molecule has 0 saturated carbocycles. The molecule has 0 bridgehead atoms. The number of esters is 2. The summed E-state index contributed by atoms with van der Waals surface area (Å²) in [4.78, 5) is 73.5. The van der Waals surface area contributed by atoms with E-state index >= 15 is 0 Å². The molecule has 5 heterocycles. The number of carbonyl (C=O) groups is 4. The van der Waals surface area contributed by atoms with Crippen molar-refractivity contribution < 1.29 is 77.5 Å². The highest BCUT2D eigenvalue weighted by molar-refractivity contribution is 5.92. The van der Waals surface area contributed by atoms with Gasteiger partial charge in [-0.15, -0.1) is 0 Å². The lowest BCUT2D eigenvalue weighted by Gasteiger charge is -2.50. The molecule has 18 atom stereocenters. The van der Waals surface area contributed by atoms with Crippen molar-refractivity contribution in [1.82, 2.24) is 19.9 Å². The van der Waals surface area contributed by atoms with Crippen LogP contribution in [0.1, 0.15) is 124 Å². The molecule has 2 aromatic rings. The summed E-state index contributed by atoms with van der Waals surface area (Å²) < 4.78 is 52.8. The molecule has 0 amide bonds. The van der Waals surface area contributed by atoms with Gasteiger partial charge in [0.15, 0.2) is 24.3 Å². The van der Waals surface area contributed by atoms with Crippen molar-refractivity contribution in [3.05, 3.63) is 39.8 Å². The first-order valence-corrected chi connectivity index (χ1v) is 27.0. The number of ether oxygens (including phenoxy) is 8. The molecule has 3 saturated heterocycles. The third-order valence-electron chi connectivity index (χ3n) is 16.4. The van der Waals surface area contributed by atoms with Crippen molar-refractivity contribution in [3.63, 3.8) is 0 Å². The molecule has 0 aromatic carbocycles. The molecule has 5 rings (SSSR count). The van der Waals surface area contributed by atoms with Crippen molar-refractivity contribution in [2.24, 2.45) is 23.7 Å². The third-order valence-corrected chi connectivity index (χ3v) is 16.4. The van der Waals surface area contributed by atoms with Gasteiger partial charge in [-0.25, -0.2) is 14.5 Å². The van der Waals surface area contributed by atoms with E-state index in [4.69, 9.17) is 37.9 Å². The van der Waals surface area contributed by atoms with Crippen LogP contribution in [0.2, 0.25) is 0 Å². The monoisotopic (exact) mass is 1090 g/mol. The van der Waals surface area contributed by atoms with Gasteiger partial charge in [-0.3, -0.25) is 19.2 Å². The molecular weight excluding hydrogens is 1000 g/mol. The summed E-state index contributed by atoms with van der Waals surface area (Å²) in [5.41, 5.74) is -4.41. The minimum absolute atomic E-state index is 0.0145. The molecule has 77 heavy (non-hydrogen) atoms. The number of pyridine rings is 2. The van der Waals surface area contributed by atoms with Gasteiger partial charge >= 0.3 is 17.9 Å². The van der Waals surface area contributed by atoms with Gasteiger partial charge in [-0.1, -0.05) is 27.7 Å². The number of ketones is 1. The van der Waals surface area contributed by atoms with Crippen LogP contribution in [0.5, 0.6) is 0 Å². The number of carboxylic acid groups (broad SMARTS) is 1. The van der Waals surface area contributed by atoms with Crippen LogP contribution < -0.4 is 15.8 Å². The van der Waals surface area contributed by atoms with E-state index in [0.29, 0.717) is 31.5 Å². The van der Waals surface area contributed by atoms with E-state index in [1.807, 2.05) is 32.8 Å². The van der Waals surface area contributed by atoms with Crippen LogP contribution in [-0.4, -0.2) is 198 Å². The van der Waals surface area contributed by atoms with Crippen molar-refractivity contribution in [2.75, 3.05) is 60.5 Å². The van der Waals surface area contributed by atoms with Gasteiger partial charge < -0.3 is 73.5 Å². The van der Waals surface area contributed by atoms with E-state index in [2.05, 4.69) is 10.3 Å². The minimum atomic E-state index is -2.03. The smallest absolute Gasteiger partial charge is 0.341 e. The fourth-order valence-corrected chi connectivity index (χ4v) is 11.6.